The Hall–Kier alpha value is -1.14. The topological polar surface area (TPSA) is 89.9 Å². The summed E-state index contributed by atoms with van der Waals surface area (Å²) >= 11 is 0. The molecule has 114 valence electrons. The number of β-amino-alcohol motifs (C(OH)–C–C–N with tert-alkyl or cyclic N) is 1. The minimum atomic E-state index is -1.03. The van der Waals surface area contributed by atoms with Crippen molar-refractivity contribution in [2.24, 2.45) is 0 Å². The Morgan fingerprint density at radius 2 is 1.95 bits per heavy atom. The van der Waals surface area contributed by atoms with E-state index in [9.17, 15) is 14.7 Å². The number of carbonyl (C=O) groups excluding carboxylic acids is 1. The smallest absolute Gasteiger partial charge is 0.326 e. The molecule has 20 heavy (non-hydrogen) atoms. The largest absolute Gasteiger partial charge is 0.480 e. The van der Waals surface area contributed by atoms with E-state index in [2.05, 4.69) is 5.32 Å². The minimum Gasteiger partial charge on any atom is -0.480 e. The Kier molecular flexibility index (Phi) is 4.65. The normalized spacial score (nSPS) is 29.4. The monoisotopic (exact) mass is 284 g/mol. The molecule has 0 aromatic heterocycles. The SMILES string of the molecule is CNC1(CC(=O)N2CC(O)CC2C(=O)O)CCCCC1. The number of nitrogens with one attached hydrogen (secondary N) is 1. The Morgan fingerprint density at radius 1 is 1.30 bits per heavy atom. The fraction of sp³-hybridized carbons (Fsp3) is 0.857. The van der Waals surface area contributed by atoms with Crippen molar-refractivity contribution in [1.29, 1.82) is 0 Å². The van der Waals surface area contributed by atoms with E-state index in [1.807, 2.05) is 7.05 Å². The molecule has 2 aliphatic rings. The van der Waals surface area contributed by atoms with E-state index in [1.165, 1.54) is 11.3 Å². The maximum absolute atomic E-state index is 12.4. The first-order valence-corrected chi connectivity index (χ1v) is 7.37. The lowest BCUT2D eigenvalue weighted by Gasteiger charge is -2.38. The Labute approximate surface area is 119 Å². The number of carboxylic acids is 1. The molecule has 1 aliphatic heterocycles. The summed E-state index contributed by atoms with van der Waals surface area (Å²) in [6.07, 6.45) is 5.01. The molecule has 1 saturated heterocycles. The second-order valence-electron chi connectivity index (χ2n) is 6.06. The van der Waals surface area contributed by atoms with E-state index < -0.39 is 18.1 Å². The van der Waals surface area contributed by atoms with Gasteiger partial charge in [-0.2, -0.15) is 0 Å². The standard InChI is InChI=1S/C14H24N2O4/c1-15-14(5-3-2-4-6-14)8-12(18)16-9-10(17)7-11(16)13(19)20/h10-11,15,17H,2-9H2,1H3,(H,19,20). The van der Waals surface area contributed by atoms with E-state index in [4.69, 9.17) is 5.11 Å². The van der Waals surface area contributed by atoms with Crippen LogP contribution in [0, 0.1) is 0 Å². The van der Waals surface area contributed by atoms with Gasteiger partial charge in [0.1, 0.15) is 6.04 Å². The number of carbonyl (C=O) groups is 2. The van der Waals surface area contributed by atoms with Gasteiger partial charge >= 0.3 is 5.97 Å². The first-order valence-electron chi connectivity index (χ1n) is 7.37. The second kappa shape index (κ2) is 6.10. The molecule has 0 radical (unpaired) electrons. The van der Waals surface area contributed by atoms with Crippen molar-refractivity contribution >= 4 is 11.9 Å². The van der Waals surface area contributed by atoms with Gasteiger partial charge in [0.05, 0.1) is 6.10 Å². The number of hydrogen-bond donors (Lipinski definition) is 3. The minimum absolute atomic E-state index is 0.133. The lowest BCUT2D eigenvalue weighted by atomic mass is 9.79. The van der Waals surface area contributed by atoms with Crippen LogP contribution in [0.1, 0.15) is 44.9 Å². The Bertz CT molecular complexity index is 379. The van der Waals surface area contributed by atoms with Gasteiger partial charge in [0.15, 0.2) is 0 Å². The number of rotatable bonds is 4. The van der Waals surface area contributed by atoms with Gasteiger partial charge in [-0.25, -0.2) is 4.79 Å². The lowest BCUT2D eigenvalue weighted by molar-refractivity contribution is -0.149. The van der Waals surface area contributed by atoms with Crippen molar-refractivity contribution in [3.8, 4) is 0 Å². The van der Waals surface area contributed by atoms with Crippen LogP contribution in [0.5, 0.6) is 0 Å². The molecule has 3 N–H and O–H groups in total. The van der Waals surface area contributed by atoms with Gasteiger partial charge in [-0.1, -0.05) is 19.3 Å². The molecule has 1 aliphatic carbocycles. The number of amides is 1. The van der Waals surface area contributed by atoms with Crippen LogP contribution in [-0.2, 0) is 9.59 Å². The quantitative estimate of drug-likeness (QED) is 0.693. The molecule has 1 amide bonds. The van der Waals surface area contributed by atoms with Crippen LogP contribution in [-0.4, -0.2) is 58.3 Å². The summed E-state index contributed by atoms with van der Waals surface area (Å²) in [5.74, 6) is -1.19. The third-order valence-corrected chi connectivity index (χ3v) is 4.72. The maximum atomic E-state index is 12.4. The molecule has 0 spiro atoms. The van der Waals surface area contributed by atoms with Gasteiger partial charge in [-0.3, -0.25) is 4.79 Å². The number of aliphatic hydroxyl groups excluding tert-OH is 1. The molecule has 6 nitrogen and oxygen atoms in total. The van der Waals surface area contributed by atoms with Crippen molar-refractivity contribution in [2.45, 2.75) is 62.6 Å². The zero-order chi connectivity index (χ0) is 14.8. The van der Waals surface area contributed by atoms with Crippen LogP contribution in [0.4, 0.5) is 0 Å². The number of carboxylic acid groups (broad SMARTS) is 1. The molecule has 1 heterocycles. The van der Waals surface area contributed by atoms with Gasteiger partial charge in [-0.15, -0.1) is 0 Å². The van der Waals surface area contributed by atoms with E-state index >= 15 is 0 Å². The molecular formula is C14H24N2O4. The third-order valence-electron chi connectivity index (χ3n) is 4.72. The number of nitrogens with zero attached hydrogens (tertiary/aromatic N) is 1. The average Bonchev–Trinajstić information content (AvgIpc) is 2.82. The van der Waals surface area contributed by atoms with Crippen LogP contribution >= 0.6 is 0 Å². The zero-order valence-corrected chi connectivity index (χ0v) is 12.0. The molecule has 6 heteroatoms. The Morgan fingerprint density at radius 3 is 2.50 bits per heavy atom. The summed E-state index contributed by atoms with van der Waals surface area (Å²) < 4.78 is 0. The van der Waals surface area contributed by atoms with Gasteiger partial charge in [0, 0.05) is 24.9 Å². The molecule has 2 unspecified atom stereocenters. The van der Waals surface area contributed by atoms with E-state index in [0.29, 0.717) is 6.42 Å². The van der Waals surface area contributed by atoms with Gasteiger partial charge in [0.2, 0.25) is 5.91 Å². The Balaban J connectivity index is 2.04. The summed E-state index contributed by atoms with van der Waals surface area (Å²) in [7, 11) is 1.87. The van der Waals surface area contributed by atoms with Gasteiger partial charge in [0.25, 0.3) is 0 Å². The maximum Gasteiger partial charge on any atom is 0.326 e. The highest BCUT2D eigenvalue weighted by molar-refractivity contribution is 5.85. The molecule has 0 bridgehead atoms. The number of hydrogen-bond acceptors (Lipinski definition) is 4. The van der Waals surface area contributed by atoms with Gasteiger partial charge in [-0.05, 0) is 19.9 Å². The number of aliphatic carboxylic acids is 1. The molecular weight excluding hydrogens is 260 g/mol. The van der Waals surface area contributed by atoms with Crippen molar-refractivity contribution in [3.63, 3.8) is 0 Å². The van der Waals surface area contributed by atoms with Crippen molar-refractivity contribution < 1.29 is 19.8 Å². The van der Waals surface area contributed by atoms with Crippen molar-refractivity contribution in [1.82, 2.24) is 10.2 Å². The summed E-state index contributed by atoms with van der Waals surface area (Å²) in [6, 6.07) is -0.880. The number of likely N-dealkylation sites (tertiary alicyclic amines) is 1. The average molecular weight is 284 g/mol. The zero-order valence-electron chi connectivity index (χ0n) is 12.0. The predicted molar refractivity (Wildman–Crippen MR) is 73.3 cm³/mol. The van der Waals surface area contributed by atoms with Crippen LogP contribution in [0.3, 0.4) is 0 Å². The molecule has 1 saturated carbocycles. The summed E-state index contributed by atoms with van der Waals surface area (Å²) in [4.78, 5) is 25.0. The fourth-order valence-electron chi connectivity index (χ4n) is 3.46. The van der Waals surface area contributed by atoms with E-state index in [0.717, 1.165) is 25.7 Å². The first kappa shape index (κ1) is 15.3. The molecule has 0 aromatic rings. The van der Waals surface area contributed by atoms with Gasteiger partial charge < -0.3 is 20.4 Å². The van der Waals surface area contributed by atoms with Crippen LogP contribution in [0.25, 0.3) is 0 Å². The van der Waals surface area contributed by atoms with E-state index in [1.54, 1.807) is 0 Å². The van der Waals surface area contributed by atoms with Crippen LogP contribution in [0.2, 0.25) is 0 Å². The lowest BCUT2D eigenvalue weighted by Crippen LogP contribution is -2.50. The fourth-order valence-corrected chi connectivity index (χ4v) is 3.46. The molecule has 2 fully saturated rings. The first-order chi connectivity index (χ1) is 9.47. The highest BCUT2D eigenvalue weighted by Gasteiger charge is 2.42. The highest BCUT2D eigenvalue weighted by Crippen LogP contribution is 2.32. The summed E-state index contributed by atoms with van der Waals surface area (Å²) in [5.41, 5.74) is -0.202. The molecule has 2 atom stereocenters. The molecule has 2 rings (SSSR count). The molecule has 0 aromatic carbocycles. The number of aliphatic hydroxyl groups is 1. The van der Waals surface area contributed by atoms with E-state index in [-0.39, 0.29) is 24.4 Å². The van der Waals surface area contributed by atoms with Crippen LogP contribution in [0.15, 0.2) is 0 Å². The van der Waals surface area contributed by atoms with Crippen molar-refractivity contribution in [3.05, 3.63) is 0 Å². The third kappa shape index (κ3) is 3.12. The van der Waals surface area contributed by atoms with Crippen LogP contribution < -0.4 is 5.32 Å². The predicted octanol–water partition coefficient (Wildman–Crippen LogP) is 0.345. The summed E-state index contributed by atoms with van der Waals surface area (Å²) in [6.45, 7) is 0.135. The van der Waals surface area contributed by atoms with Crippen molar-refractivity contribution in [2.75, 3.05) is 13.6 Å². The summed E-state index contributed by atoms with van der Waals surface area (Å²) in [5, 5.41) is 22.0. The highest BCUT2D eigenvalue weighted by atomic mass is 16.4. The second-order valence-corrected chi connectivity index (χ2v) is 6.06.